The van der Waals surface area contributed by atoms with E-state index in [9.17, 15) is 23.1 Å². The van der Waals surface area contributed by atoms with Crippen LogP contribution in [0.1, 0.15) is 15.9 Å². The minimum absolute atomic E-state index is 0.224. The topological polar surface area (TPSA) is 57.5 Å². The number of hydrogen-bond acceptors (Lipinski definition) is 2. The normalized spacial score (nSPS) is 11.3. The van der Waals surface area contributed by atoms with Crippen LogP contribution in [-0.4, -0.2) is 16.2 Å². The number of halogens is 3. The van der Waals surface area contributed by atoms with E-state index in [0.717, 1.165) is 6.07 Å². The summed E-state index contributed by atoms with van der Waals surface area (Å²) in [7, 11) is 0. The standard InChI is InChI=1S/C14H9F3O3/c15-14(16,17)11-7-12(18)10(13(19)20)6-9(11)8-4-2-1-3-5-8/h1-7,18H,(H,19,20). The summed E-state index contributed by atoms with van der Waals surface area (Å²) in [4.78, 5) is 10.9. The molecule has 2 aromatic carbocycles. The van der Waals surface area contributed by atoms with Crippen molar-refractivity contribution in [3.63, 3.8) is 0 Å². The van der Waals surface area contributed by atoms with Gasteiger partial charge in [-0.05, 0) is 23.3 Å². The van der Waals surface area contributed by atoms with Crippen LogP contribution < -0.4 is 0 Å². The number of aromatic carboxylic acids is 1. The lowest BCUT2D eigenvalue weighted by atomic mass is 9.96. The predicted octanol–water partition coefficient (Wildman–Crippen LogP) is 3.78. The van der Waals surface area contributed by atoms with E-state index in [1.807, 2.05) is 0 Å². The van der Waals surface area contributed by atoms with Crippen LogP contribution in [0.5, 0.6) is 5.75 Å². The van der Waals surface area contributed by atoms with Crippen molar-refractivity contribution in [2.75, 3.05) is 0 Å². The Hall–Kier alpha value is -2.50. The summed E-state index contributed by atoms with van der Waals surface area (Å²) < 4.78 is 39.0. The summed E-state index contributed by atoms with van der Waals surface area (Å²) in [6.07, 6.45) is -4.69. The molecule has 3 nitrogen and oxygen atoms in total. The number of phenols is 1. The van der Waals surface area contributed by atoms with Crippen LogP contribution in [-0.2, 0) is 6.18 Å². The van der Waals surface area contributed by atoms with Gasteiger partial charge in [-0.15, -0.1) is 0 Å². The third-order valence-corrected chi connectivity index (χ3v) is 2.76. The highest BCUT2D eigenvalue weighted by Crippen LogP contribution is 2.40. The maximum Gasteiger partial charge on any atom is 0.417 e. The van der Waals surface area contributed by atoms with Crippen LogP contribution in [0.2, 0.25) is 0 Å². The Kier molecular flexibility index (Phi) is 3.40. The number of hydrogen-bond donors (Lipinski definition) is 2. The molecule has 104 valence electrons. The lowest BCUT2D eigenvalue weighted by Crippen LogP contribution is -2.09. The molecule has 0 saturated heterocycles. The van der Waals surface area contributed by atoms with Gasteiger partial charge in [0, 0.05) is 0 Å². The number of alkyl halides is 3. The molecule has 2 N–H and O–H groups in total. The number of carboxylic acids is 1. The van der Waals surface area contributed by atoms with Gasteiger partial charge < -0.3 is 10.2 Å². The van der Waals surface area contributed by atoms with Crippen molar-refractivity contribution < 1.29 is 28.2 Å². The molecule has 0 aromatic heterocycles. The summed E-state index contributed by atoms with van der Waals surface area (Å²) in [5.41, 5.74) is -1.71. The van der Waals surface area contributed by atoms with E-state index in [1.165, 1.54) is 12.1 Å². The lowest BCUT2D eigenvalue weighted by molar-refractivity contribution is -0.137. The molecular formula is C14H9F3O3. The predicted molar refractivity (Wildman–Crippen MR) is 65.5 cm³/mol. The minimum atomic E-state index is -4.69. The van der Waals surface area contributed by atoms with E-state index in [4.69, 9.17) is 5.11 Å². The van der Waals surface area contributed by atoms with Crippen molar-refractivity contribution in [2.45, 2.75) is 6.18 Å². The molecular weight excluding hydrogens is 273 g/mol. The van der Waals surface area contributed by atoms with E-state index < -0.39 is 29.0 Å². The molecule has 0 aliphatic rings. The molecule has 0 fully saturated rings. The zero-order valence-corrected chi connectivity index (χ0v) is 9.98. The fourth-order valence-corrected chi connectivity index (χ4v) is 1.85. The molecule has 20 heavy (non-hydrogen) atoms. The Bertz CT molecular complexity index is 649. The molecule has 0 radical (unpaired) electrons. The smallest absolute Gasteiger partial charge is 0.417 e. The van der Waals surface area contributed by atoms with Crippen molar-refractivity contribution >= 4 is 5.97 Å². The molecule has 2 aromatic rings. The molecule has 6 heteroatoms. The molecule has 0 unspecified atom stereocenters. The fraction of sp³-hybridized carbons (Fsp3) is 0.0714. The van der Waals surface area contributed by atoms with E-state index in [2.05, 4.69) is 0 Å². The highest BCUT2D eigenvalue weighted by atomic mass is 19.4. The Morgan fingerprint density at radius 3 is 2.15 bits per heavy atom. The molecule has 0 bridgehead atoms. The van der Waals surface area contributed by atoms with Gasteiger partial charge in [0.05, 0.1) is 5.56 Å². The van der Waals surface area contributed by atoms with E-state index >= 15 is 0 Å². The van der Waals surface area contributed by atoms with Gasteiger partial charge in [0.15, 0.2) is 0 Å². The van der Waals surface area contributed by atoms with Crippen molar-refractivity contribution in [3.05, 3.63) is 53.6 Å². The van der Waals surface area contributed by atoms with Crippen LogP contribution in [0, 0.1) is 0 Å². The summed E-state index contributed by atoms with van der Waals surface area (Å²) in [6.45, 7) is 0. The Morgan fingerprint density at radius 1 is 1.05 bits per heavy atom. The number of rotatable bonds is 2. The second-order valence-corrected chi connectivity index (χ2v) is 4.08. The van der Waals surface area contributed by atoms with Crippen LogP contribution in [0.4, 0.5) is 13.2 Å². The first-order chi connectivity index (χ1) is 9.30. The molecule has 0 aliphatic carbocycles. The van der Waals surface area contributed by atoms with Crippen LogP contribution in [0.25, 0.3) is 11.1 Å². The first-order valence-corrected chi connectivity index (χ1v) is 5.53. The second-order valence-electron chi connectivity index (χ2n) is 4.08. The minimum Gasteiger partial charge on any atom is -0.507 e. The maximum atomic E-state index is 13.0. The molecule has 0 spiro atoms. The summed E-state index contributed by atoms with van der Waals surface area (Å²) in [5, 5.41) is 18.3. The quantitative estimate of drug-likeness (QED) is 0.881. The van der Waals surface area contributed by atoms with E-state index in [-0.39, 0.29) is 11.1 Å². The van der Waals surface area contributed by atoms with Crippen LogP contribution in [0.15, 0.2) is 42.5 Å². The van der Waals surface area contributed by atoms with Gasteiger partial charge in [0.1, 0.15) is 11.3 Å². The van der Waals surface area contributed by atoms with Gasteiger partial charge in [-0.3, -0.25) is 0 Å². The molecule has 0 heterocycles. The summed E-state index contributed by atoms with van der Waals surface area (Å²) in [5.74, 6) is -2.40. The summed E-state index contributed by atoms with van der Waals surface area (Å²) in [6, 6.07) is 8.86. The highest BCUT2D eigenvalue weighted by molar-refractivity contribution is 5.93. The van der Waals surface area contributed by atoms with Crippen molar-refractivity contribution in [1.29, 1.82) is 0 Å². The van der Waals surface area contributed by atoms with Crippen molar-refractivity contribution in [2.24, 2.45) is 0 Å². The highest BCUT2D eigenvalue weighted by Gasteiger charge is 2.35. The monoisotopic (exact) mass is 282 g/mol. The Labute approximate surface area is 111 Å². The first kappa shape index (κ1) is 13.9. The average molecular weight is 282 g/mol. The molecule has 0 saturated carbocycles. The third kappa shape index (κ3) is 2.59. The number of carboxylic acid groups (broad SMARTS) is 1. The zero-order chi connectivity index (χ0) is 14.9. The fourth-order valence-electron chi connectivity index (χ4n) is 1.85. The molecule has 2 rings (SSSR count). The Balaban J connectivity index is 2.76. The van der Waals surface area contributed by atoms with Crippen LogP contribution >= 0.6 is 0 Å². The van der Waals surface area contributed by atoms with Gasteiger partial charge in [-0.2, -0.15) is 13.2 Å². The zero-order valence-electron chi connectivity index (χ0n) is 9.98. The van der Waals surface area contributed by atoms with Crippen molar-refractivity contribution in [3.8, 4) is 16.9 Å². The maximum absolute atomic E-state index is 13.0. The summed E-state index contributed by atoms with van der Waals surface area (Å²) >= 11 is 0. The van der Waals surface area contributed by atoms with Gasteiger partial charge in [-0.25, -0.2) is 4.79 Å². The molecule has 0 atom stereocenters. The first-order valence-electron chi connectivity index (χ1n) is 5.53. The Morgan fingerprint density at radius 2 is 1.65 bits per heavy atom. The SMILES string of the molecule is O=C(O)c1cc(-c2ccccc2)c(C(F)(F)F)cc1O. The number of benzene rings is 2. The van der Waals surface area contributed by atoms with E-state index in [1.54, 1.807) is 18.2 Å². The largest absolute Gasteiger partial charge is 0.507 e. The van der Waals surface area contributed by atoms with Crippen LogP contribution in [0.3, 0.4) is 0 Å². The molecule has 0 amide bonds. The van der Waals surface area contributed by atoms with Crippen molar-refractivity contribution in [1.82, 2.24) is 0 Å². The molecule has 0 aliphatic heterocycles. The van der Waals surface area contributed by atoms with Gasteiger partial charge in [0.2, 0.25) is 0 Å². The second kappa shape index (κ2) is 4.88. The number of carbonyl (C=O) groups is 1. The lowest BCUT2D eigenvalue weighted by Gasteiger charge is -2.15. The van der Waals surface area contributed by atoms with Gasteiger partial charge in [0.25, 0.3) is 0 Å². The van der Waals surface area contributed by atoms with E-state index in [0.29, 0.717) is 6.07 Å². The number of aromatic hydroxyl groups is 1. The average Bonchev–Trinajstić information content (AvgIpc) is 2.38. The third-order valence-electron chi connectivity index (χ3n) is 2.76. The van der Waals surface area contributed by atoms with Gasteiger partial charge >= 0.3 is 12.1 Å². The van der Waals surface area contributed by atoms with Gasteiger partial charge in [-0.1, -0.05) is 30.3 Å².